The lowest BCUT2D eigenvalue weighted by molar-refractivity contribution is 0.383. The van der Waals surface area contributed by atoms with Crippen molar-refractivity contribution in [1.82, 2.24) is 9.88 Å². The third kappa shape index (κ3) is 2.05. The van der Waals surface area contributed by atoms with Crippen LogP contribution in [0.5, 0.6) is 0 Å². The van der Waals surface area contributed by atoms with Crippen LogP contribution in [0.2, 0.25) is 0 Å². The summed E-state index contributed by atoms with van der Waals surface area (Å²) >= 11 is 5.58. The highest BCUT2D eigenvalue weighted by molar-refractivity contribution is 6.17. The minimum absolute atomic E-state index is 0.575. The second-order valence-corrected chi connectivity index (χ2v) is 2.59. The van der Waals surface area contributed by atoms with Crippen molar-refractivity contribution < 1.29 is 0 Å². The van der Waals surface area contributed by atoms with Gasteiger partial charge in [0.15, 0.2) is 0 Å². The van der Waals surface area contributed by atoms with Crippen LogP contribution in [0.25, 0.3) is 0 Å². The Morgan fingerprint density at radius 2 is 2.50 bits per heavy atom. The molecule has 1 heterocycles. The molecule has 0 fully saturated rings. The summed E-state index contributed by atoms with van der Waals surface area (Å²) in [4.78, 5) is 5.02. The summed E-state index contributed by atoms with van der Waals surface area (Å²) in [6.45, 7) is 0.910. The van der Waals surface area contributed by atoms with Gasteiger partial charge in [0.05, 0.1) is 6.00 Å². The van der Waals surface area contributed by atoms with Crippen molar-refractivity contribution in [1.29, 1.82) is 0 Å². The highest BCUT2D eigenvalue weighted by atomic mass is 35.5. The number of alkyl halides is 1. The lowest BCUT2D eigenvalue weighted by atomic mass is 10.3. The highest BCUT2D eigenvalue weighted by Crippen LogP contribution is 2.00. The Balaban J connectivity index is 2.40. The van der Waals surface area contributed by atoms with Crippen molar-refractivity contribution in [3.05, 3.63) is 24.0 Å². The molecule has 0 saturated carbocycles. The Bertz CT molecular complexity index is 172. The monoisotopic (exact) mass is 158 g/mol. The second kappa shape index (κ2) is 3.64. The molecule has 1 aromatic heterocycles. The number of nitrogens with zero attached hydrogens (tertiary/aromatic N) is 1. The molecule has 0 amide bonds. The fourth-order valence-electron chi connectivity index (χ4n) is 0.811. The van der Waals surface area contributed by atoms with Gasteiger partial charge in [-0.1, -0.05) is 0 Å². The van der Waals surface area contributed by atoms with Crippen molar-refractivity contribution >= 4 is 11.6 Å². The molecule has 0 bridgehead atoms. The molecule has 0 aliphatic rings. The highest BCUT2D eigenvalue weighted by Gasteiger charge is 1.96. The van der Waals surface area contributed by atoms with Crippen LogP contribution in [0.15, 0.2) is 18.5 Å². The van der Waals surface area contributed by atoms with Crippen LogP contribution in [0.4, 0.5) is 0 Å². The van der Waals surface area contributed by atoms with Crippen LogP contribution in [-0.4, -0.2) is 22.9 Å². The van der Waals surface area contributed by atoms with E-state index in [2.05, 4.69) is 4.98 Å². The van der Waals surface area contributed by atoms with Crippen LogP contribution in [0.1, 0.15) is 5.56 Å². The summed E-state index contributed by atoms with van der Waals surface area (Å²) in [5.74, 6) is 0. The molecule has 1 rings (SSSR count). The predicted octanol–water partition coefficient (Wildman–Crippen LogP) is 1.64. The van der Waals surface area contributed by atoms with Crippen molar-refractivity contribution in [3.63, 3.8) is 0 Å². The molecule has 56 valence electrons. The Kier molecular flexibility index (Phi) is 2.78. The zero-order valence-electron chi connectivity index (χ0n) is 5.97. The van der Waals surface area contributed by atoms with Crippen LogP contribution in [0.3, 0.4) is 0 Å². The number of H-pyrrole nitrogens is 1. The molecular formula is C7H11ClN2. The summed E-state index contributed by atoms with van der Waals surface area (Å²) < 4.78 is 0. The molecule has 0 spiro atoms. The third-order valence-corrected chi connectivity index (χ3v) is 1.73. The van der Waals surface area contributed by atoms with E-state index in [0.717, 1.165) is 6.54 Å². The Morgan fingerprint density at radius 1 is 1.70 bits per heavy atom. The Morgan fingerprint density at radius 3 is 3.00 bits per heavy atom. The van der Waals surface area contributed by atoms with Gasteiger partial charge in [0.1, 0.15) is 0 Å². The zero-order valence-corrected chi connectivity index (χ0v) is 6.73. The van der Waals surface area contributed by atoms with Gasteiger partial charge in [-0.25, -0.2) is 0 Å². The first-order valence-electron chi connectivity index (χ1n) is 3.19. The van der Waals surface area contributed by atoms with Crippen molar-refractivity contribution in [3.8, 4) is 0 Å². The van der Waals surface area contributed by atoms with Gasteiger partial charge in [-0.3, -0.25) is 4.90 Å². The predicted molar refractivity (Wildman–Crippen MR) is 43.0 cm³/mol. The van der Waals surface area contributed by atoms with E-state index < -0.39 is 0 Å². The van der Waals surface area contributed by atoms with Crippen LogP contribution < -0.4 is 0 Å². The molecule has 0 aliphatic heterocycles. The maximum atomic E-state index is 5.58. The lowest BCUT2D eigenvalue weighted by Gasteiger charge is -2.09. The van der Waals surface area contributed by atoms with Crippen LogP contribution in [-0.2, 0) is 6.54 Å². The fourth-order valence-corrected chi connectivity index (χ4v) is 0.895. The molecule has 2 nitrogen and oxygen atoms in total. The van der Waals surface area contributed by atoms with Gasteiger partial charge in [0, 0.05) is 18.9 Å². The fraction of sp³-hybridized carbons (Fsp3) is 0.429. The normalized spacial score (nSPS) is 10.7. The van der Waals surface area contributed by atoms with E-state index in [9.17, 15) is 0 Å². The summed E-state index contributed by atoms with van der Waals surface area (Å²) in [5, 5.41) is 0. The largest absolute Gasteiger partial charge is 0.367 e. The molecule has 0 atom stereocenters. The lowest BCUT2D eigenvalue weighted by Crippen LogP contribution is -2.14. The average molecular weight is 159 g/mol. The van der Waals surface area contributed by atoms with Crippen molar-refractivity contribution in [2.24, 2.45) is 0 Å². The smallest absolute Gasteiger partial charge is 0.0738 e. The Labute approximate surface area is 65.8 Å². The molecule has 3 heteroatoms. The van der Waals surface area contributed by atoms with E-state index in [1.165, 1.54) is 5.56 Å². The van der Waals surface area contributed by atoms with Gasteiger partial charge < -0.3 is 4.98 Å². The molecule has 10 heavy (non-hydrogen) atoms. The second-order valence-electron chi connectivity index (χ2n) is 2.35. The van der Waals surface area contributed by atoms with Gasteiger partial charge in [0.25, 0.3) is 0 Å². The van der Waals surface area contributed by atoms with Gasteiger partial charge in [0.2, 0.25) is 0 Å². The van der Waals surface area contributed by atoms with E-state index in [-0.39, 0.29) is 0 Å². The average Bonchev–Trinajstić information content (AvgIpc) is 2.40. The maximum Gasteiger partial charge on any atom is 0.0738 e. The summed E-state index contributed by atoms with van der Waals surface area (Å²) in [6.07, 6.45) is 3.89. The first kappa shape index (κ1) is 7.63. The number of hydrogen-bond acceptors (Lipinski definition) is 1. The maximum absolute atomic E-state index is 5.58. The molecule has 0 aromatic carbocycles. The van der Waals surface area contributed by atoms with E-state index in [1.807, 2.05) is 30.4 Å². The number of rotatable bonds is 3. The van der Waals surface area contributed by atoms with Crippen molar-refractivity contribution in [2.75, 3.05) is 13.1 Å². The molecule has 0 saturated heterocycles. The number of halogens is 1. The standard InChI is InChI=1S/C7H11ClN2/c1-10(6-8)5-7-2-3-9-4-7/h2-4,9H,5-6H2,1H3. The van der Waals surface area contributed by atoms with E-state index >= 15 is 0 Å². The van der Waals surface area contributed by atoms with Gasteiger partial charge in [-0.15, -0.1) is 11.6 Å². The summed E-state index contributed by atoms with van der Waals surface area (Å²) in [7, 11) is 1.99. The van der Waals surface area contributed by atoms with Crippen LogP contribution >= 0.6 is 11.6 Å². The quantitative estimate of drug-likeness (QED) is 0.524. The summed E-state index contributed by atoms with van der Waals surface area (Å²) in [5.41, 5.74) is 1.27. The first-order valence-corrected chi connectivity index (χ1v) is 3.72. The van der Waals surface area contributed by atoms with Crippen molar-refractivity contribution in [2.45, 2.75) is 6.54 Å². The molecule has 0 radical (unpaired) electrons. The summed E-state index contributed by atoms with van der Waals surface area (Å²) in [6, 6.07) is 2.62. The number of aromatic nitrogens is 1. The first-order chi connectivity index (χ1) is 4.83. The molecular weight excluding hydrogens is 148 g/mol. The topological polar surface area (TPSA) is 19.0 Å². The number of nitrogens with one attached hydrogen (secondary N) is 1. The molecule has 1 N–H and O–H groups in total. The van der Waals surface area contributed by atoms with Crippen LogP contribution in [0, 0.1) is 0 Å². The molecule has 0 aliphatic carbocycles. The molecule has 1 aromatic rings. The third-order valence-electron chi connectivity index (χ3n) is 1.32. The van der Waals surface area contributed by atoms with E-state index in [4.69, 9.17) is 11.6 Å². The Hall–Kier alpha value is -0.470. The SMILES string of the molecule is CN(CCl)Cc1cc[nH]c1. The minimum atomic E-state index is 0.575. The van der Waals surface area contributed by atoms with E-state index in [0.29, 0.717) is 6.00 Å². The zero-order chi connectivity index (χ0) is 7.40. The number of aromatic amines is 1. The minimum Gasteiger partial charge on any atom is -0.367 e. The number of hydrogen-bond donors (Lipinski definition) is 1. The van der Waals surface area contributed by atoms with E-state index in [1.54, 1.807) is 0 Å². The molecule has 0 unspecified atom stereocenters. The van der Waals surface area contributed by atoms with Gasteiger partial charge in [-0.05, 0) is 18.7 Å². The van der Waals surface area contributed by atoms with Gasteiger partial charge in [-0.2, -0.15) is 0 Å². The van der Waals surface area contributed by atoms with Gasteiger partial charge >= 0.3 is 0 Å².